The fourth-order valence-corrected chi connectivity index (χ4v) is 1.62. The molecule has 0 amide bonds. The molecule has 1 aliphatic rings. The average molecular weight is 234 g/mol. The average Bonchev–Trinajstić information content (AvgIpc) is 2.66. The van der Waals surface area contributed by atoms with Gasteiger partial charge in [-0.15, -0.1) is 0 Å². The first kappa shape index (κ1) is 11.9. The van der Waals surface area contributed by atoms with Crippen molar-refractivity contribution in [3.8, 4) is 0 Å². The van der Waals surface area contributed by atoms with Crippen LogP contribution in [0.1, 0.15) is 19.5 Å². The van der Waals surface area contributed by atoms with Crippen molar-refractivity contribution >= 4 is 0 Å². The fourth-order valence-electron chi connectivity index (χ4n) is 1.62. The van der Waals surface area contributed by atoms with Gasteiger partial charge in [0.2, 0.25) is 5.79 Å². The molecule has 1 aromatic heterocycles. The summed E-state index contributed by atoms with van der Waals surface area (Å²) in [7, 11) is 0. The second-order valence-corrected chi connectivity index (χ2v) is 4.45. The van der Waals surface area contributed by atoms with Gasteiger partial charge in [0.05, 0.1) is 6.54 Å². The van der Waals surface area contributed by atoms with Crippen molar-refractivity contribution in [3.05, 3.63) is 42.1 Å². The van der Waals surface area contributed by atoms with Gasteiger partial charge in [-0.3, -0.25) is 4.98 Å². The number of aromatic nitrogens is 1. The quantitative estimate of drug-likeness (QED) is 0.789. The van der Waals surface area contributed by atoms with Gasteiger partial charge in [0.1, 0.15) is 12.0 Å². The minimum absolute atomic E-state index is 0.516. The molecule has 0 spiro atoms. The predicted octanol–water partition coefficient (Wildman–Crippen LogP) is 1.84. The molecule has 4 nitrogen and oxygen atoms in total. The summed E-state index contributed by atoms with van der Waals surface area (Å²) < 4.78 is 10.9. The van der Waals surface area contributed by atoms with Crippen LogP contribution in [0.25, 0.3) is 0 Å². The number of nitrogens with one attached hydrogen (secondary N) is 1. The summed E-state index contributed by atoms with van der Waals surface area (Å²) in [5.74, 6) is 0.328. The predicted molar refractivity (Wildman–Crippen MR) is 65.1 cm³/mol. The van der Waals surface area contributed by atoms with Crippen LogP contribution in [-0.2, 0) is 15.9 Å². The summed E-state index contributed by atoms with van der Waals surface area (Å²) >= 11 is 0. The highest BCUT2D eigenvalue weighted by molar-refractivity contribution is 5.04. The van der Waals surface area contributed by atoms with Gasteiger partial charge in [-0.25, -0.2) is 0 Å². The van der Waals surface area contributed by atoms with E-state index < -0.39 is 5.79 Å². The van der Waals surface area contributed by atoms with E-state index in [4.69, 9.17) is 9.47 Å². The molecular formula is C13H18N2O2. The molecule has 92 valence electrons. The Morgan fingerprint density at radius 3 is 2.88 bits per heavy atom. The molecule has 0 radical (unpaired) electrons. The summed E-state index contributed by atoms with van der Waals surface area (Å²) in [6.45, 7) is 5.35. The van der Waals surface area contributed by atoms with Crippen molar-refractivity contribution in [1.29, 1.82) is 0 Å². The lowest BCUT2D eigenvalue weighted by molar-refractivity contribution is -0.116. The summed E-state index contributed by atoms with van der Waals surface area (Å²) in [6.07, 6.45) is 4.40. The highest BCUT2D eigenvalue weighted by Crippen LogP contribution is 2.23. The van der Waals surface area contributed by atoms with E-state index in [1.807, 2.05) is 38.2 Å². The van der Waals surface area contributed by atoms with E-state index in [9.17, 15) is 0 Å². The van der Waals surface area contributed by atoms with Crippen LogP contribution in [-0.4, -0.2) is 23.9 Å². The molecule has 0 fully saturated rings. The van der Waals surface area contributed by atoms with Gasteiger partial charge in [-0.05, 0) is 12.1 Å². The normalized spacial score (nSPS) is 17.2. The number of ether oxygens (including phenoxy) is 2. The number of nitrogens with zero attached hydrogens (tertiary/aromatic N) is 1. The Kier molecular flexibility index (Phi) is 3.64. The first-order valence-corrected chi connectivity index (χ1v) is 5.82. The maximum Gasteiger partial charge on any atom is 0.244 e. The maximum absolute atomic E-state index is 5.56. The smallest absolute Gasteiger partial charge is 0.244 e. The zero-order valence-corrected chi connectivity index (χ0v) is 10.3. The van der Waals surface area contributed by atoms with Crippen LogP contribution in [0.15, 0.2) is 36.4 Å². The lowest BCUT2D eigenvalue weighted by atomic mass is 10.3. The Morgan fingerprint density at radius 1 is 1.35 bits per heavy atom. The molecule has 2 rings (SSSR count). The lowest BCUT2D eigenvalue weighted by Crippen LogP contribution is -2.24. The van der Waals surface area contributed by atoms with Gasteiger partial charge in [0, 0.05) is 38.7 Å². The molecule has 0 saturated heterocycles. The minimum atomic E-state index is -0.516. The summed E-state index contributed by atoms with van der Waals surface area (Å²) in [4.78, 5) is 4.26. The molecule has 1 aromatic rings. The van der Waals surface area contributed by atoms with Crippen molar-refractivity contribution < 1.29 is 9.47 Å². The molecule has 1 N–H and O–H groups in total. The largest absolute Gasteiger partial charge is 0.457 e. The third-order valence-corrected chi connectivity index (χ3v) is 2.43. The molecule has 17 heavy (non-hydrogen) atoms. The van der Waals surface area contributed by atoms with Crippen LogP contribution in [0.2, 0.25) is 0 Å². The van der Waals surface area contributed by atoms with Crippen molar-refractivity contribution in [2.45, 2.75) is 26.1 Å². The van der Waals surface area contributed by atoms with Gasteiger partial charge >= 0.3 is 0 Å². The number of pyridine rings is 1. The topological polar surface area (TPSA) is 43.4 Å². The Labute approximate surface area is 102 Å². The Balaban J connectivity index is 1.65. The zero-order chi connectivity index (χ0) is 12.1. The van der Waals surface area contributed by atoms with Crippen molar-refractivity contribution in [1.82, 2.24) is 10.3 Å². The number of hydrogen-bond acceptors (Lipinski definition) is 4. The molecule has 0 aliphatic carbocycles. The van der Waals surface area contributed by atoms with E-state index in [2.05, 4.69) is 10.3 Å². The Morgan fingerprint density at radius 2 is 2.24 bits per heavy atom. The highest BCUT2D eigenvalue weighted by Gasteiger charge is 2.26. The molecule has 0 aromatic carbocycles. The molecule has 4 heteroatoms. The van der Waals surface area contributed by atoms with E-state index in [0.29, 0.717) is 6.54 Å². The van der Waals surface area contributed by atoms with Gasteiger partial charge in [-0.2, -0.15) is 0 Å². The first-order chi connectivity index (χ1) is 8.16. The van der Waals surface area contributed by atoms with Gasteiger partial charge in [-0.1, -0.05) is 6.07 Å². The van der Waals surface area contributed by atoms with Crippen LogP contribution in [0, 0.1) is 0 Å². The van der Waals surface area contributed by atoms with Crippen LogP contribution >= 0.6 is 0 Å². The van der Waals surface area contributed by atoms with Crippen LogP contribution in [0.3, 0.4) is 0 Å². The molecule has 0 bridgehead atoms. The van der Waals surface area contributed by atoms with E-state index in [0.717, 1.165) is 24.4 Å². The molecular weight excluding hydrogens is 216 g/mol. The van der Waals surface area contributed by atoms with Gasteiger partial charge in [0.15, 0.2) is 0 Å². The monoisotopic (exact) mass is 234 g/mol. The van der Waals surface area contributed by atoms with Crippen LogP contribution in [0.4, 0.5) is 0 Å². The Hall–Kier alpha value is -1.55. The van der Waals surface area contributed by atoms with E-state index in [1.54, 1.807) is 6.26 Å². The van der Waals surface area contributed by atoms with E-state index >= 15 is 0 Å². The minimum Gasteiger partial charge on any atom is -0.457 e. The van der Waals surface area contributed by atoms with Crippen molar-refractivity contribution in [2.75, 3.05) is 13.1 Å². The van der Waals surface area contributed by atoms with Gasteiger partial charge in [0.25, 0.3) is 0 Å². The standard InChI is InChI=1S/C13H18N2O2/c1-13(2)16-10-12(17-13)9-14-8-6-11-5-3-4-7-15-11/h3-5,7,10,14H,6,8-9H2,1-2H3. The molecule has 0 saturated carbocycles. The van der Waals surface area contributed by atoms with Gasteiger partial charge < -0.3 is 14.8 Å². The molecule has 1 aliphatic heterocycles. The SMILES string of the molecule is CC1(C)OC=C(CNCCc2ccccn2)O1. The summed E-state index contributed by atoms with van der Waals surface area (Å²) in [5.41, 5.74) is 1.10. The van der Waals surface area contributed by atoms with Crippen molar-refractivity contribution in [2.24, 2.45) is 0 Å². The highest BCUT2D eigenvalue weighted by atomic mass is 16.7. The Bertz CT molecular complexity index is 388. The fraction of sp³-hybridized carbons (Fsp3) is 0.462. The number of hydrogen-bond donors (Lipinski definition) is 1. The van der Waals surface area contributed by atoms with Crippen molar-refractivity contribution in [3.63, 3.8) is 0 Å². The molecule has 0 atom stereocenters. The second-order valence-electron chi connectivity index (χ2n) is 4.45. The summed E-state index contributed by atoms with van der Waals surface area (Å²) in [6, 6.07) is 5.95. The second kappa shape index (κ2) is 5.19. The van der Waals surface area contributed by atoms with E-state index in [1.165, 1.54) is 0 Å². The van der Waals surface area contributed by atoms with Crippen LogP contribution in [0.5, 0.6) is 0 Å². The summed E-state index contributed by atoms with van der Waals surface area (Å²) in [5, 5.41) is 3.30. The molecule has 0 unspecified atom stereocenters. The molecule has 2 heterocycles. The number of rotatable bonds is 5. The first-order valence-electron chi connectivity index (χ1n) is 5.82. The lowest BCUT2D eigenvalue weighted by Gasteiger charge is -2.18. The maximum atomic E-state index is 5.56. The van der Waals surface area contributed by atoms with Crippen LogP contribution < -0.4 is 5.32 Å². The third kappa shape index (κ3) is 3.75. The van der Waals surface area contributed by atoms with E-state index in [-0.39, 0.29) is 0 Å². The zero-order valence-electron chi connectivity index (χ0n) is 10.3. The third-order valence-electron chi connectivity index (χ3n) is 2.43.